The average molecular weight is 501 g/mol. The first-order chi connectivity index (χ1) is 16.9. The minimum atomic E-state index is -4.30. The van der Waals surface area contributed by atoms with E-state index in [4.69, 9.17) is 9.15 Å². The van der Waals surface area contributed by atoms with E-state index in [-0.39, 0.29) is 23.3 Å². The van der Waals surface area contributed by atoms with Crippen LogP contribution in [-0.4, -0.2) is 25.5 Å². The van der Waals surface area contributed by atoms with Gasteiger partial charge in [0.1, 0.15) is 24.3 Å². The molecule has 4 rings (SSSR count). The highest BCUT2D eigenvalue weighted by Crippen LogP contribution is 2.36. The molecule has 0 fully saturated rings. The lowest BCUT2D eigenvalue weighted by Crippen LogP contribution is -1.99. The molecule has 2 heterocycles. The number of alkyl halides is 3. The molecule has 0 aliphatic heterocycles. The summed E-state index contributed by atoms with van der Waals surface area (Å²) in [6.45, 7) is 1.13. The molecule has 2 aromatic heterocycles. The summed E-state index contributed by atoms with van der Waals surface area (Å²) in [6, 6.07) is 14.1. The van der Waals surface area contributed by atoms with Crippen molar-refractivity contribution in [3.63, 3.8) is 0 Å². The molecule has 0 bridgehead atoms. The predicted molar refractivity (Wildman–Crippen MR) is 128 cm³/mol. The maximum atomic E-state index is 12.4. The summed E-state index contributed by atoms with van der Waals surface area (Å²) in [6.07, 6.45) is 11.5. The van der Waals surface area contributed by atoms with Gasteiger partial charge in [-0.2, -0.15) is 13.2 Å². The Balaban J connectivity index is 1.20. The summed E-state index contributed by atoms with van der Waals surface area (Å²) >= 11 is -0.138. The lowest BCUT2D eigenvalue weighted by molar-refractivity contribution is -0.0328. The number of rotatable bonds is 11. The second kappa shape index (κ2) is 11.7. The van der Waals surface area contributed by atoms with Gasteiger partial charge in [0.25, 0.3) is 0 Å². The van der Waals surface area contributed by atoms with E-state index in [9.17, 15) is 13.2 Å². The van der Waals surface area contributed by atoms with E-state index < -0.39 is 5.51 Å². The van der Waals surface area contributed by atoms with Crippen LogP contribution in [0, 0.1) is 0 Å². The summed E-state index contributed by atoms with van der Waals surface area (Å²) in [7, 11) is 0. The molecule has 4 aromatic rings. The maximum absolute atomic E-state index is 12.4. The van der Waals surface area contributed by atoms with Crippen molar-refractivity contribution in [1.82, 2.24) is 20.0 Å². The topological polar surface area (TPSA) is 66.0 Å². The first-order valence-corrected chi connectivity index (χ1v) is 11.8. The molecule has 6 nitrogen and oxygen atoms in total. The number of benzene rings is 2. The van der Waals surface area contributed by atoms with Gasteiger partial charge >= 0.3 is 5.51 Å². The fraction of sp³-hybridized carbons (Fsp3) is 0.240. The number of halogens is 3. The number of aryl methyl sites for hydroxylation is 2. The standard InChI is InChI=1S/C25H23F3N4O2S/c26-25(27,28)35-23-11-6-20(7-12-23)8-13-24-30-21(18-34-24)17-33-22-9-4-19(5-10-22)3-1-2-15-32-16-14-29-31-32/h4-14,16,18H,1-3,15,17H2/b13-8+. The zero-order valence-corrected chi connectivity index (χ0v) is 19.5. The van der Waals surface area contributed by atoms with Gasteiger partial charge in [-0.1, -0.05) is 29.5 Å². The van der Waals surface area contributed by atoms with E-state index in [1.54, 1.807) is 30.5 Å². The van der Waals surface area contributed by atoms with Gasteiger partial charge in [0, 0.05) is 23.7 Å². The van der Waals surface area contributed by atoms with Gasteiger partial charge in [0.05, 0.1) is 6.20 Å². The van der Waals surface area contributed by atoms with Crippen molar-refractivity contribution in [3.8, 4) is 5.75 Å². The minimum absolute atomic E-state index is 0.138. The number of thioether (sulfide) groups is 1. The summed E-state index contributed by atoms with van der Waals surface area (Å²) in [5.74, 6) is 1.13. The Bertz CT molecular complexity index is 1210. The Morgan fingerprint density at radius 1 is 1.00 bits per heavy atom. The fourth-order valence-corrected chi connectivity index (χ4v) is 3.82. The Labute approximate surface area is 204 Å². The number of aromatic nitrogens is 4. The second-order valence-electron chi connectivity index (χ2n) is 7.68. The van der Waals surface area contributed by atoms with Crippen LogP contribution in [0.25, 0.3) is 12.2 Å². The van der Waals surface area contributed by atoms with Crippen molar-refractivity contribution >= 4 is 23.9 Å². The number of unbranched alkanes of at least 4 members (excludes halogenated alkanes) is 1. The van der Waals surface area contributed by atoms with Crippen molar-refractivity contribution in [1.29, 1.82) is 0 Å². The molecule has 0 aliphatic carbocycles. The Morgan fingerprint density at radius 2 is 1.80 bits per heavy atom. The number of nitrogens with zero attached hydrogens (tertiary/aromatic N) is 4. The Morgan fingerprint density at radius 3 is 2.51 bits per heavy atom. The van der Waals surface area contributed by atoms with Crippen LogP contribution in [0.4, 0.5) is 13.2 Å². The first-order valence-electron chi connectivity index (χ1n) is 11.0. The molecule has 2 aromatic carbocycles. The van der Waals surface area contributed by atoms with Crippen LogP contribution >= 0.6 is 11.8 Å². The van der Waals surface area contributed by atoms with Crippen molar-refractivity contribution < 1.29 is 22.3 Å². The lowest BCUT2D eigenvalue weighted by atomic mass is 10.1. The zero-order valence-electron chi connectivity index (χ0n) is 18.7. The van der Waals surface area contributed by atoms with Crippen LogP contribution in [0.3, 0.4) is 0 Å². The third-order valence-electron chi connectivity index (χ3n) is 4.99. The van der Waals surface area contributed by atoms with Crippen LogP contribution < -0.4 is 4.74 Å². The second-order valence-corrected chi connectivity index (χ2v) is 8.82. The maximum Gasteiger partial charge on any atom is 0.446 e. The van der Waals surface area contributed by atoms with Crippen molar-refractivity contribution in [2.24, 2.45) is 0 Å². The van der Waals surface area contributed by atoms with Crippen LogP contribution in [0.2, 0.25) is 0 Å². The first kappa shape index (κ1) is 24.6. The molecular formula is C25H23F3N4O2S. The predicted octanol–water partition coefficient (Wildman–Crippen LogP) is 6.65. The molecule has 0 radical (unpaired) electrons. The van der Waals surface area contributed by atoms with E-state index in [0.717, 1.165) is 37.1 Å². The number of hydrogen-bond donors (Lipinski definition) is 0. The van der Waals surface area contributed by atoms with E-state index in [1.807, 2.05) is 23.0 Å². The Hall–Kier alpha value is -3.53. The molecule has 0 aliphatic rings. The smallest absolute Gasteiger partial charge is 0.446 e. The van der Waals surface area contributed by atoms with Gasteiger partial charge in [0.15, 0.2) is 0 Å². The van der Waals surface area contributed by atoms with Crippen LogP contribution in [0.1, 0.15) is 35.6 Å². The molecule has 10 heteroatoms. The highest BCUT2D eigenvalue weighted by atomic mass is 32.2. The summed E-state index contributed by atoms with van der Waals surface area (Å²) in [5.41, 5.74) is -1.67. The van der Waals surface area contributed by atoms with Crippen molar-refractivity contribution in [2.45, 2.75) is 42.8 Å². The van der Waals surface area contributed by atoms with E-state index in [1.165, 1.54) is 24.0 Å². The van der Waals surface area contributed by atoms with Gasteiger partial charge in [-0.3, -0.25) is 4.68 Å². The largest absolute Gasteiger partial charge is 0.487 e. The van der Waals surface area contributed by atoms with Crippen molar-refractivity contribution in [3.05, 3.63) is 89.9 Å². The van der Waals surface area contributed by atoms with Crippen LogP contribution in [-0.2, 0) is 19.6 Å². The fourth-order valence-electron chi connectivity index (χ4n) is 3.28. The highest BCUT2D eigenvalue weighted by molar-refractivity contribution is 8.00. The molecule has 0 spiro atoms. The zero-order chi connectivity index (χ0) is 24.5. The molecule has 0 saturated carbocycles. The van der Waals surface area contributed by atoms with Gasteiger partial charge in [0.2, 0.25) is 5.89 Å². The normalized spacial score (nSPS) is 11.9. The van der Waals surface area contributed by atoms with Gasteiger partial charge in [-0.15, -0.1) is 5.10 Å². The highest BCUT2D eigenvalue weighted by Gasteiger charge is 2.28. The SMILES string of the molecule is FC(F)(F)Sc1ccc(/C=C/c2nc(COc3ccc(CCCCn4ccnn4)cc3)co2)cc1. The van der Waals surface area contributed by atoms with Gasteiger partial charge < -0.3 is 9.15 Å². The quantitative estimate of drug-likeness (QED) is 0.170. The van der Waals surface area contributed by atoms with Crippen molar-refractivity contribution in [2.75, 3.05) is 0 Å². The average Bonchev–Trinajstić information content (AvgIpc) is 3.52. The van der Waals surface area contributed by atoms with Crippen LogP contribution in [0.5, 0.6) is 5.75 Å². The summed E-state index contributed by atoms with van der Waals surface area (Å²) in [5, 5.41) is 7.76. The third kappa shape index (κ3) is 8.32. The van der Waals surface area contributed by atoms with Gasteiger partial charge in [-0.25, -0.2) is 4.98 Å². The molecule has 0 N–H and O–H groups in total. The third-order valence-corrected chi connectivity index (χ3v) is 5.73. The van der Waals surface area contributed by atoms with E-state index in [2.05, 4.69) is 27.4 Å². The number of hydrogen-bond acceptors (Lipinski definition) is 6. The van der Waals surface area contributed by atoms with E-state index >= 15 is 0 Å². The number of oxazole rings is 1. The molecule has 35 heavy (non-hydrogen) atoms. The summed E-state index contributed by atoms with van der Waals surface area (Å²) in [4.78, 5) is 4.49. The Kier molecular flexibility index (Phi) is 8.25. The minimum Gasteiger partial charge on any atom is -0.487 e. The molecular weight excluding hydrogens is 477 g/mol. The lowest BCUT2D eigenvalue weighted by Gasteiger charge is -2.06. The molecule has 182 valence electrons. The van der Waals surface area contributed by atoms with Crippen LogP contribution in [0.15, 0.2) is 76.5 Å². The summed E-state index contributed by atoms with van der Waals surface area (Å²) < 4.78 is 50.3. The molecule has 0 saturated heterocycles. The van der Waals surface area contributed by atoms with Gasteiger partial charge in [-0.05, 0) is 72.5 Å². The molecule has 0 amide bonds. The molecule has 0 unspecified atom stereocenters. The molecule has 0 atom stereocenters. The van der Waals surface area contributed by atoms with E-state index in [0.29, 0.717) is 11.6 Å². The number of ether oxygens (including phenoxy) is 1. The monoisotopic (exact) mass is 500 g/mol.